The van der Waals surface area contributed by atoms with E-state index in [9.17, 15) is 4.79 Å². The molecule has 0 aromatic heterocycles. The second kappa shape index (κ2) is 7.34. The van der Waals surface area contributed by atoms with Crippen LogP contribution in [0.2, 0.25) is 10.0 Å². The van der Waals surface area contributed by atoms with Crippen molar-refractivity contribution in [2.75, 3.05) is 13.9 Å². The van der Waals surface area contributed by atoms with E-state index in [-0.39, 0.29) is 12.7 Å². The first kappa shape index (κ1) is 18.0. The van der Waals surface area contributed by atoms with E-state index in [0.717, 1.165) is 5.56 Å². The number of carbonyl (C=O) groups excluding carboxylic acids is 1. The molecule has 1 fully saturated rings. The number of nitrogens with one attached hydrogen (secondary N) is 1. The lowest BCUT2D eigenvalue weighted by atomic mass is 10.1. The van der Waals surface area contributed by atoms with Crippen LogP contribution in [0, 0.1) is 0 Å². The van der Waals surface area contributed by atoms with Gasteiger partial charge in [0.15, 0.2) is 16.7 Å². The van der Waals surface area contributed by atoms with Crippen molar-refractivity contribution < 1.29 is 19.0 Å². The number of nitrogens with zero attached hydrogens (tertiary/aromatic N) is 1. The van der Waals surface area contributed by atoms with Gasteiger partial charge in [-0.15, -0.1) is 0 Å². The minimum atomic E-state index is -0.256. The van der Waals surface area contributed by atoms with Gasteiger partial charge in [0.1, 0.15) is 0 Å². The van der Waals surface area contributed by atoms with Crippen LogP contribution in [0.1, 0.15) is 5.56 Å². The molecule has 2 aliphatic heterocycles. The number of fused-ring (bicyclic) bond motifs is 1. The summed E-state index contributed by atoms with van der Waals surface area (Å²) in [4.78, 5) is 17.1. The maximum Gasteiger partial charge on any atom is 0.264 e. The van der Waals surface area contributed by atoms with Crippen LogP contribution in [-0.2, 0) is 4.79 Å². The van der Waals surface area contributed by atoms with Gasteiger partial charge in [0.2, 0.25) is 12.5 Å². The topological polar surface area (TPSA) is 69.2 Å². The summed E-state index contributed by atoms with van der Waals surface area (Å²) >= 11 is 13.4. The lowest BCUT2D eigenvalue weighted by Crippen LogP contribution is -2.19. The number of hydrogen-bond acceptors (Lipinski definition) is 6. The Balaban J connectivity index is 1.63. The van der Waals surface area contributed by atoms with Crippen LogP contribution in [0.4, 0.5) is 5.69 Å². The molecule has 0 aliphatic carbocycles. The molecule has 0 bridgehead atoms. The summed E-state index contributed by atoms with van der Waals surface area (Å²) in [6.07, 6.45) is 1.73. The molecule has 2 heterocycles. The fourth-order valence-corrected chi connectivity index (χ4v) is 3.73. The number of benzene rings is 2. The summed E-state index contributed by atoms with van der Waals surface area (Å²) in [6, 6.07) is 8.70. The highest BCUT2D eigenvalue weighted by molar-refractivity contribution is 8.18. The van der Waals surface area contributed by atoms with Gasteiger partial charge in [-0.25, -0.2) is 4.99 Å². The van der Waals surface area contributed by atoms with Gasteiger partial charge in [0, 0.05) is 0 Å². The third kappa shape index (κ3) is 3.58. The van der Waals surface area contributed by atoms with Crippen molar-refractivity contribution in [1.29, 1.82) is 0 Å². The standard InChI is InChI=1S/C18H12Cl2N2O4S/c1-24-12-5-9(6-13-16(12)26-8-25-13)7-14-17(23)22-18(27-14)21-11-4-2-3-10(19)15(11)20/h2-7H,8H2,1H3,(H,21,22,23)/b14-7+. The van der Waals surface area contributed by atoms with Crippen LogP contribution in [0.15, 0.2) is 40.2 Å². The molecule has 138 valence electrons. The zero-order valence-corrected chi connectivity index (χ0v) is 16.2. The predicted molar refractivity (Wildman–Crippen MR) is 106 cm³/mol. The molecule has 0 atom stereocenters. The minimum absolute atomic E-state index is 0.137. The molecule has 1 saturated heterocycles. The van der Waals surface area contributed by atoms with Crippen LogP contribution < -0.4 is 19.5 Å². The number of thioether (sulfide) groups is 1. The highest BCUT2D eigenvalue weighted by Gasteiger charge is 2.25. The number of halogens is 2. The van der Waals surface area contributed by atoms with Crippen LogP contribution in [-0.4, -0.2) is 25.0 Å². The molecular formula is C18H12Cl2N2O4S. The summed E-state index contributed by atoms with van der Waals surface area (Å²) in [5, 5.41) is 3.87. The van der Waals surface area contributed by atoms with Crippen molar-refractivity contribution in [3.63, 3.8) is 0 Å². The average Bonchev–Trinajstić information content (AvgIpc) is 3.25. The van der Waals surface area contributed by atoms with Crippen molar-refractivity contribution in [3.05, 3.63) is 50.8 Å². The maximum atomic E-state index is 12.3. The normalized spacial score (nSPS) is 18.3. The fraction of sp³-hybridized carbons (Fsp3) is 0.111. The van der Waals surface area contributed by atoms with E-state index >= 15 is 0 Å². The van der Waals surface area contributed by atoms with E-state index in [1.54, 1.807) is 43.5 Å². The monoisotopic (exact) mass is 422 g/mol. The zero-order chi connectivity index (χ0) is 19.0. The Bertz CT molecular complexity index is 1010. The molecule has 4 rings (SSSR count). The molecular weight excluding hydrogens is 411 g/mol. The summed E-state index contributed by atoms with van der Waals surface area (Å²) in [5.74, 6) is 1.42. The molecule has 0 radical (unpaired) electrons. The Morgan fingerprint density at radius 1 is 1.30 bits per heavy atom. The van der Waals surface area contributed by atoms with Crippen LogP contribution in [0.3, 0.4) is 0 Å². The van der Waals surface area contributed by atoms with Crippen molar-refractivity contribution in [1.82, 2.24) is 5.32 Å². The van der Waals surface area contributed by atoms with Gasteiger partial charge in [-0.3, -0.25) is 4.79 Å². The van der Waals surface area contributed by atoms with Gasteiger partial charge in [-0.1, -0.05) is 29.3 Å². The SMILES string of the molecule is COc1cc(/C=C2/SC(=Nc3cccc(Cl)c3Cl)NC2=O)cc2c1OCO2. The van der Waals surface area contributed by atoms with Gasteiger partial charge in [-0.05, 0) is 47.7 Å². The van der Waals surface area contributed by atoms with Crippen LogP contribution in [0.5, 0.6) is 17.2 Å². The Kier molecular flexibility index (Phi) is 4.90. The largest absolute Gasteiger partial charge is 0.493 e. The Labute approximate surface area is 169 Å². The van der Waals surface area contributed by atoms with Crippen molar-refractivity contribution in [2.24, 2.45) is 4.99 Å². The first-order chi connectivity index (χ1) is 13.0. The highest BCUT2D eigenvalue weighted by atomic mass is 35.5. The number of methoxy groups -OCH3 is 1. The van der Waals surface area contributed by atoms with E-state index < -0.39 is 0 Å². The summed E-state index contributed by atoms with van der Waals surface area (Å²) in [7, 11) is 1.55. The maximum absolute atomic E-state index is 12.3. The second-order valence-corrected chi connectivity index (χ2v) is 7.33. The molecule has 0 spiro atoms. The van der Waals surface area contributed by atoms with Crippen molar-refractivity contribution in [3.8, 4) is 17.2 Å². The molecule has 2 aromatic rings. The summed E-state index contributed by atoms with van der Waals surface area (Å²) in [5.41, 5.74) is 1.23. The van der Waals surface area contributed by atoms with Gasteiger partial charge in [0.05, 0.1) is 27.7 Å². The zero-order valence-electron chi connectivity index (χ0n) is 13.9. The van der Waals surface area contributed by atoms with Gasteiger partial charge < -0.3 is 19.5 Å². The molecule has 2 aromatic carbocycles. The molecule has 27 heavy (non-hydrogen) atoms. The first-order valence-electron chi connectivity index (χ1n) is 7.76. The Morgan fingerprint density at radius 3 is 2.96 bits per heavy atom. The quantitative estimate of drug-likeness (QED) is 0.730. The third-order valence-corrected chi connectivity index (χ3v) is 5.50. The van der Waals surface area contributed by atoms with Crippen LogP contribution >= 0.6 is 35.0 Å². The van der Waals surface area contributed by atoms with Gasteiger partial charge in [0.25, 0.3) is 5.91 Å². The number of ether oxygens (including phenoxy) is 3. The van der Waals surface area contributed by atoms with Gasteiger partial charge in [-0.2, -0.15) is 0 Å². The van der Waals surface area contributed by atoms with E-state index in [4.69, 9.17) is 37.4 Å². The number of carbonyl (C=O) groups is 1. The van der Waals surface area contributed by atoms with Gasteiger partial charge >= 0.3 is 0 Å². The molecule has 2 aliphatic rings. The Hall–Kier alpha value is -2.35. The minimum Gasteiger partial charge on any atom is -0.493 e. The molecule has 0 saturated carbocycles. The second-order valence-electron chi connectivity index (χ2n) is 5.51. The number of aliphatic imine (C=N–C) groups is 1. The third-order valence-electron chi connectivity index (χ3n) is 3.78. The fourth-order valence-electron chi connectivity index (χ4n) is 2.55. The lowest BCUT2D eigenvalue weighted by molar-refractivity contribution is -0.115. The molecule has 6 nitrogen and oxygen atoms in total. The number of rotatable bonds is 3. The van der Waals surface area contributed by atoms with Crippen molar-refractivity contribution in [2.45, 2.75) is 0 Å². The Morgan fingerprint density at radius 2 is 2.15 bits per heavy atom. The number of hydrogen-bond donors (Lipinski definition) is 1. The molecule has 1 N–H and O–H groups in total. The lowest BCUT2D eigenvalue weighted by Gasteiger charge is -2.06. The molecule has 9 heteroatoms. The van der Waals surface area contributed by atoms with Crippen molar-refractivity contribution >= 4 is 57.8 Å². The number of amides is 1. The van der Waals surface area contributed by atoms with E-state index in [1.807, 2.05) is 0 Å². The van der Waals surface area contributed by atoms with E-state index in [1.165, 1.54) is 11.8 Å². The smallest absolute Gasteiger partial charge is 0.264 e. The summed E-state index contributed by atoms with van der Waals surface area (Å²) < 4.78 is 16.1. The highest BCUT2D eigenvalue weighted by Crippen LogP contribution is 2.43. The van der Waals surface area contributed by atoms with E-state index in [0.29, 0.717) is 43.1 Å². The first-order valence-corrected chi connectivity index (χ1v) is 9.33. The number of amidine groups is 1. The van der Waals surface area contributed by atoms with E-state index in [2.05, 4.69) is 10.3 Å². The summed E-state index contributed by atoms with van der Waals surface area (Å²) in [6.45, 7) is 0.137. The average molecular weight is 423 g/mol. The predicted octanol–water partition coefficient (Wildman–Crippen LogP) is 4.62. The molecule has 0 unspecified atom stereocenters. The molecule has 1 amide bonds. The van der Waals surface area contributed by atoms with Crippen LogP contribution in [0.25, 0.3) is 6.08 Å².